The lowest BCUT2D eigenvalue weighted by molar-refractivity contribution is 0.566. The third-order valence-corrected chi connectivity index (χ3v) is 3.51. The van der Waals surface area contributed by atoms with Gasteiger partial charge in [0, 0.05) is 17.3 Å². The average Bonchev–Trinajstić information content (AvgIpc) is 2.38. The maximum atomic E-state index is 5.86. The van der Waals surface area contributed by atoms with Crippen LogP contribution in [0.3, 0.4) is 0 Å². The van der Waals surface area contributed by atoms with E-state index < -0.39 is 0 Å². The van der Waals surface area contributed by atoms with E-state index in [0.717, 1.165) is 16.6 Å². The number of anilines is 1. The second kappa shape index (κ2) is 5.32. The van der Waals surface area contributed by atoms with Crippen LogP contribution in [0.25, 0.3) is 10.9 Å². The molecule has 1 N–H and O–H groups in total. The van der Waals surface area contributed by atoms with Crippen molar-refractivity contribution in [3.8, 4) is 0 Å². The van der Waals surface area contributed by atoms with Crippen LogP contribution < -0.4 is 5.32 Å². The van der Waals surface area contributed by atoms with Gasteiger partial charge in [-0.25, -0.2) is 0 Å². The number of fused-ring (bicyclic) bond motifs is 1. The van der Waals surface area contributed by atoms with E-state index in [1.807, 2.05) is 24.3 Å². The summed E-state index contributed by atoms with van der Waals surface area (Å²) in [7, 11) is 0. The first kappa shape index (κ1) is 12.1. The zero-order chi connectivity index (χ0) is 12.3. The average molecular weight is 250 g/mol. The van der Waals surface area contributed by atoms with Gasteiger partial charge in [0.05, 0.1) is 17.4 Å². The summed E-state index contributed by atoms with van der Waals surface area (Å²) in [6.07, 6.45) is 1.76. The van der Waals surface area contributed by atoms with Crippen LogP contribution in [-0.2, 0) is 0 Å². The molecule has 0 saturated carbocycles. The molecule has 90 valence electrons. The lowest BCUT2D eigenvalue weighted by Gasteiger charge is -2.20. The maximum absolute atomic E-state index is 5.86. The zero-order valence-electron chi connectivity index (χ0n) is 10.0. The third kappa shape index (κ3) is 2.67. The van der Waals surface area contributed by atoms with Crippen LogP contribution in [0.15, 0.2) is 30.5 Å². The number of aromatic nitrogens is 2. The normalized spacial score (nSPS) is 14.5. The summed E-state index contributed by atoms with van der Waals surface area (Å²) < 4.78 is 0. The first-order chi connectivity index (χ1) is 8.22. The van der Waals surface area contributed by atoms with Gasteiger partial charge in [-0.05, 0) is 18.9 Å². The highest BCUT2D eigenvalue weighted by molar-refractivity contribution is 6.18. The van der Waals surface area contributed by atoms with Crippen molar-refractivity contribution in [3.63, 3.8) is 0 Å². The lowest BCUT2D eigenvalue weighted by atomic mass is 10.1. The highest BCUT2D eigenvalue weighted by Crippen LogP contribution is 2.22. The maximum Gasteiger partial charge on any atom is 0.0950 e. The Labute approximate surface area is 106 Å². The Morgan fingerprint density at radius 3 is 2.82 bits per heavy atom. The monoisotopic (exact) mass is 249 g/mol. The van der Waals surface area contributed by atoms with Crippen molar-refractivity contribution in [1.29, 1.82) is 0 Å². The number of rotatable bonds is 4. The van der Waals surface area contributed by atoms with E-state index in [4.69, 9.17) is 11.6 Å². The summed E-state index contributed by atoms with van der Waals surface area (Å²) in [5.41, 5.74) is 1.92. The van der Waals surface area contributed by atoms with E-state index in [2.05, 4.69) is 29.4 Å². The topological polar surface area (TPSA) is 37.8 Å². The van der Waals surface area contributed by atoms with Crippen LogP contribution in [0, 0.1) is 5.92 Å². The summed E-state index contributed by atoms with van der Waals surface area (Å²) in [4.78, 5) is 0. The van der Waals surface area contributed by atoms with Crippen LogP contribution in [0.5, 0.6) is 0 Å². The number of halogens is 1. The van der Waals surface area contributed by atoms with Crippen LogP contribution in [-0.4, -0.2) is 22.1 Å². The van der Waals surface area contributed by atoms with Gasteiger partial charge in [0.15, 0.2) is 0 Å². The number of nitrogens with zero attached hydrogens (tertiary/aromatic N) is 2. The number of alkyl halides is 1. The van der Waals surface area contributed by atoms with Gasteiger partial charge in [-0.15, -0.1) is 11.6 Å². The first-order valence-electron chi connectivity index (χ1n) is 5.75. The van der Waals surface area contributed by atoms with Gasteiger partial charge in [-0.3, -0.25) is 0 Å². The Hall–Kier alpha value is -1.35. The molecule has 2 unspecified atom stereocenters. The van der Waals surface area contributed by atoms with Gasteiger partial charge in [0.1, 0.15) is 0 Å². The van der Waals surface area contributed by atoms with Crippen LogP contribution >= 0.6 is 11.6 Å². The van der Waals surface area contributed by atoms with E-state index in [0.29, 0.717) is 17.8 Å². The molecule has 0 fully saturated rings. The SMILES string of the molecule is CC(CCl)C(C)Nc1cnnc2ccccc12. The van der Waals surface area contributed by atoms with Crippen molar-refractivity contribution < 1.29 is 0 Å². The van der Waals surface area contributed by atoms with E-state index in [9.17, 15) is 0 Å². The molecule has 0 aliphatic heterocycles. The van der Waals surface area contributed by atoms with Crippen LogP contribution in [0.2, 0.25) is 0 Å². The molecule has 2 aromatic rings. The smallest absolute Gasteiger partial charge is 0.0950 e. The quantitative estimate of drug-likeness (QED) is 0.845. The Morgan fingerprint density at radius 1 is 1.29 bits per heavy atom. The fourth-order valence-corrected chi connectivity index (χ4v) is 1.91. The molecular formula is C13H16ClN3. The van der Waals surface area contributed by atoms with E-state index in [-0.39, 0.29) is 0 Å². The highest BCUT2D eigenvalue weighted by Gasteiger charge is 2.12. The molecule has 1 aromatic heterocycles. The Morgan fingerprint density at radius 2 is 2.06 bits per heavy atom. The standard InChI is InChI=1S/C13H16ClN3/c1-9(7-14)10(2)16-13-8-15-17-12-6-4-3-5-11(12)13/h3-6,8-10H,7H2,1-2H3,(H,16,17). The molecule has 0 radical (unpaired) electrons. The van der Waals surface area contributed by atoms with Crippen molar-refractivity contribution in [2.75, 3.05) is 11.2 Å². The third-order valence-electron chi connectivity index (χ3n) is 3.03. The predicted molar refractivity (Wildman–Crippen MR) is 72.5 cm³/mol. The van der Waals surface area contributed by atoms with Gasteiger partial charge in [-0.1, -0.05) is 25.1 Å². The molecule has 0 bridgehead atoms. The van der Waals surface area contributed by atoms with Crippen molar-refractivity contribution in [2.45, 2.75) is 19.9 Å². The molecule has 3 nitrogen and oxygen atoms in total. The van der Waals surface area contributed by atoms with Gasteiger partial charge in [0.25, 0.3) is 0 Å². The lowest BCUT2D eigenvalue weighted by Crippen LogP contribution is -2.25. The second-order valence-corrected chi connectivity index (χ2v) is 4.65. The number of nitrogens with one attached hydrogen (secondary N) is 1. The minimum Gasteiger partial charge on any atom is -0.380 e. The minimum atomic E-state index is 0.306. The summed E-state index contributed by atoms with van der Waals surface area (Å²) in [6.45, 7) is 4.25. The molecule has 1 heterocycles. The number of hydrogen-bond donors (Lipinski definition) is 1. The summed E-state index contributed by atoms with van der Waals surface area (Å²) in [5.74, 6) is 1.05. The zero-order valence-corrected chi connectivity index (χ0v) is 10.8. The second-order valence-electron chi connectivity index (χ2n) is 4.34. The van der Waals surface area contributed by atoms with Crippen molar-refractivity contribution in [3.05, 3.63) is 30.5 Å². The largest absolute Gasteiger partial charge is 0.380 e. The van der Waals surface area contributed by atoms with Gasteiger partial charge in [-0.2, -0.15) is 10.2 Å². The first-order valence-corrected chi connectivity index (χ1v) is 6.28. The van der Waals surface area contributed by atoms with Gasteiger partial charge < -0.3 is 5.32 Å². The molecular weight excluding hydrogens is 234 g/mol. The van der Waals surface area contributed by atoms with E-state index in [1.165, 1.54) is 0 Å². The predicted octanol–water partition coefficient (Wildman–Crippen LogP) is 3.31. The molecule has 4 heteroatoms. The van der Waals surface area contributed by atoms with Crippen LogP contribution in [0.1, 0.15) is 13.8 Å². The number of hydrogen-bond acceptors (Lipinski definition) is 3. The van der Waals surface area contributed by atoms with Crippen molar-refractivity contribution in [2.24, 2.45) is 5.92 Å². The van der Waals surface area contributed by atoms with Gasteiger partial charge >= 0.3 is 0 Å². The van der Waals surface area contributed by atoms with Crippen LogP contribution in [0.4, 0.5) is 5.69 Å². The molecule has 0 aliphatic carbocycles. The fraction of sp³-hybridized carbons (Fsp3) is 0.385. The highest BCUT2D eigenvalue weighted by atomic mass is 35.5. The van der Waals surface area contributed by atoms with E-state index >= 15 is 0 Å². The minimum absolute atomic E-state index is 0.306. The number of benzene rings is 1. The summed E-state index contributed by atoms with van der Waals surface area (Å²) in [5, 5.41) is 12.6. The summed E-state index contributed by atoms with van der Waals surface area (Å²) >= 11 is 5.86. The Kier molecular flexibility index (Phi) is 3.79. The summed E-state index contributed by atoms with van der Waals surface area (Å²) in [6, 6.07) is 8.28. The van der Waals surface area contributed by atoms with E-state index in [1.54, 1.807) is 6.20 Å². The Bertz CT molecular complexity index is 495. The molecule has 2 rings (SSSR count). The molecule has 17 heavy (non-hydrogen) atoms. The molecule has 0 amide bonds. The molecule has 2 atom stereocenters. The fourth-order valence-electron chi connectivity index (χ4n) is 1.64. The van der Waals surface area contributed by atoms with Crippen molar-refractivity contribution >= 4 is 28.2 Å². The van der Waals surface area contributed by atoms with Crippen molar-refractivity contribution in [1.82, 2.24) is 10.2 Å². The van der Waals surface area contributed by atoms with Gasteiger partial charge in [0.2, 0.25) is 0 Å². The molecule has 0 saturated heterocycles. The molecule has 0 aliphatic rings. The molecule has 0 spiro atoms. The molecule has 1 aromatic carbocycles. The Balaban J connectivity index is 2.30.